The molecule has 0 bridgehead atoms. The van der Waals surface area contributed by atoms with E-state index in [9.17, 15) is 4.79 Å². The number of rotatable bonds is 5. The average molecular weight is 333 g/mol. The zero-order valence-corrected chi connectivity index (χ0v) is 14.7. The van der Waals surface area contributed by atoms with Crippen LogP contribution in [0.3, 0.4) is 0 Å². The minimum Gasteiger partial charge on any atom is -0.467 e. The number of hydrogen-bond donors (Lipinski definition) is 0. The fraction of sp³-hybridized carbons (Fsp3) is 0.529. The topological polar surface area (TPSA) is 49.6 Å². The van der Waals surface area contributed by atoms with Crippen LogP contribution in [0.2, 0.25) is 0 Å². The number of furan rings is 1. The van der Waals surface area contributed by atoms with Gasteiger partial charge >= 0.3 is 0 Å². The van der Waals surface area contributed by atoms with Gasteiger partial charge in [0.25, 0.3) is 0 Å². The van der Waals surface area contributed by atoms with Crippen molar-refractivity contribution < 1.29 is 9.21 Å². The zero-order chi connectivity index (χ0) is 16.4. The highest BCUT2D eigenvalue weighted by Crippen LogP contribution is 2.37. The highest BCUT2D eigenvalue weighted by Gasteiger charge is 2.28. The van der Waals surface area contributed by atoms with Crippen LogP contribution in [-0.2, 0) is 17.8 Å². The Morgan fingerprint density at radius 3 is 3.04 bits per heavy atom. The standard InChI is InChI=1S/C17H23N3O2S/c1-12-18-14-7-4-8-15(17(14)23-12)19(2)11-16(21)20(3)10-13-6-5-9-22-13/h5-6,9,15H,4,7-8,10-11H2,1-3H3/t15-/m1/s1. The van der Waals surface area contributed by atoms with Crippen LogP contribution in [0, 0.1) is 6.92 Å². The fourth-order valence-electron chi connectivity index (χ4n) is 3.11. The lowest BCUT2D eigenvalue weighted by Crippen LogP contribution is -2.38. The molecule has 1 aliphatic carbocycles. The highest BCUT2D eigenvalue weighted by molar-refractivity contribution is 7.11. The van der Waals surface area contributed by atoms with Crippen molar-refractivity contribution in [3.8, 4) is 0 Å². The van der Waals surface area contributed by atoms with Crippen LogP contribution in [0.1, 0.15) is 40.2 Å². The number of aromatic nitrogens is 1. The Hall–Kier alpha value is -1.66. The summed E-state index contributed by atoms with van der Waals surface area (Å²) in [5, 5.41) is 1.12. The molecule has 0 N–H and O–H groups in total. The smallest absolute Gasteiger partial charge is 0.236 e. The van der Waals surface area contributed by atoms with Gasteiger partial charge in [-0.05, 0) is 45.4 Å². The highest BCUT2D eigenvalue weighted by atomic mass is 32.1. The van der Waals surface area contributed by atoms with Crippen LogP contribution < -0.4 is 0 Å². The Labute approximate surface area is 140 Å². The number of nitrogens with zero attached hydrogens (tertiary/aromatic N) is 3. The number of aryl methyl sites for hydroxylation is 2. The molecule has 0 fully saturated rings. The van der Waals surface area contributed by atoms with E-state index in [1.165, 1.54) is 10.6 Å². The van der Waals surface area contributed by atoms with Crippen LogP contribution in [0.4, 0.5) is 0 Å². The van der Waals surface area contributed by atoms with Gasteiger partial charge in [-0.25, -0.2) is 4.98 Å². The third-order valence-electron chi connectivity index (χ3n) is 4.34. The molecule has 2 heterocycles. The maximum Gasteiger partial charge on any atom is 0.236 e. The summed E-state index contributed by atoms with van der Waals surface area (Å²) in [4.78, 5) is 22.3. The van der Waals surface area contributed by atoms with Gasteiger partial charge in [0.2, 0.25) is 5.91 Å². The fourth-order valence-corrected chi connectivity index (χ4v) is 4.28. The lowest BCUT2D eigenvalue weighted by atomic mass is 9.97. The van der Waals surface area contributed by atoms with Gasteiger partial charge in [0, 0.05) is 18.0 Å². The molecule has 0 radical (unpaired) electrons. The Bertz CT molecular complexity index is 665. The number of carbonyl (C=O) groups excluding carboxylic acids is 1. The molecule has 1 atom stereocenters. The van der Waals surface area contributed by atoms with E-state index < -0.39 is 0 Å². The molecule has 2 aromatic heterocycles. The Kier molecular flexibility index (Phi) is 4.82. The summed E-state index contributed by atoms with van der Waals surface area (Å²) in [7, 11) is 3.86. The molecule has 5 nitrogen and oxygen atoms in total. The molecule has 1 amide bonds. The van der Waals surface area contributed by atoms with E-state index in [-0.39, 0.29) is 5.91 Å². The molecule has 2 aromatic rings. The van der Waals surface area contributed by atoms with Crippen molar-refractivity contribution in [3.05, 3.63) is 39.7 Å². The van der Waals surface area contributed by atoms with Crippen molar-refractivity contribution in [1.29, 1.82) is 0 Å². The van der Waals surface area contributed by atoms with Crippen LogP contribution in [0.15, 0.2) is 22.8 Å². The predicted octanol–water partition coefficient (Wildman–Crippen LogP) is 3.01. The van der Waals surface area contributed by atoms with E-state index >= 15 is 0 Å². The Balaban J connectivity index is 1.62. The molecule has 6 heteroatoms. The molecule has 23 heavy (non-hydrogen) atoms. The van der Waals surface area contributed by atoms with Gasteiger partial charge in [-0.15, -0.1) is 11.3 Å². The lowest BCUT2D eigenvalue weighted by molar-refractivity contribution is -0.132. The van der Waals surface area contributed by atoms with E-state index in [0.717, 1.165) is 30.0 Å². The molecule has 3 rings (SSSR count). The first-order valence-corrected chi connectivity index (χ1v) is 8.79. The van der Waals surface area contributed by atoms with Crippen molar-refractivity contribution >= 4 is 17.2 Å². The van der Waals surface area contributed by atoms with Crippen LogP contribution in [-0.4, -0.2) is 41.3 Å². The van der Waals surface area contributed by atoms with Crippen LogP contribution in [0.25, 0.3) is 0 Å². The number of carbonyl (C=O) groups is 1. The van der Waals surface area contributed by atoms with E-state index in [0.29, 0.717) is 19.1 Å². The largest absolute Gasteiger partial charge is 0.467 e. The average Bonchev–Trinajstić information content (AvgIpc) is 3.14. The van der Waals surface area contributed by atoms with E-state index in [1.54, 1.807) is 22.5 Å². The van der Waals surface area contributed by atoms with Gasteiger partial charge in [0.15, 0.2) is 0 Å². The summed E-state index contributed by atoms with van der Waals surface area (Å²) >= 11 is 1.77. The van der Waals surface area contributed by atoms with Crippen molar-refractivity contribution in [3.63, 3.8) is 0 Å². The third-order valence-corrected chi connectivity index (χ3v) is 5.46. The first-order valence-electron chi connectivity index (χ1n) is 7.97. The summed E-state index contributed by atoms with van der Waals surface area (Å²) in [5.41, 5.74) is 1.23. The summed E-state index contributed by atoms with van der Waals surface area (Å²) in [6.07, 6.45) is 4.94. The Morgan fingerprint density at radius 1 is 1.48 bits per heavy atom. The first-order chi connectivity index (χ1) is 11.0. The monoisotopic (exact) mass is 333 g/mol. The molecule has 1 aliphatic rings. The second-order valence-corrected chi connectivity index (χ2v) is 7.43. The zero-order valence-electron chi connectivity index (χ0n) is 13.9. The molecule has 0 spiro atoms. The number of thiazole rings is 1. The van der Waals surface area contributed by atoms with Gasteiger partial charge in [-0.2, -0.15) is 0 Å². The summed E-state index contributed by atoms with van der Waals surface area (Å²) in [6, 6.07) is 4.04. The van der Waals surface area contributed by atoms with Crippen molar-refractivity contribution in [1.82, 2.24) is 14.8 Å². The van der Waals surface area contributed by atoms with Gasteiger partial charge in [-0.1, -0.05) is 0 Å². The molecule has 0 unspecified atom stereocenters. The minimum absolute atomic E-state index is 0.109. The third kappa shape index (κ3) is 3.64. The van der Waals surface area contributed by atoms with Gasteiger partial charge in [-0.3, -0.25) is 9.69 Å². The van der Waals surface area contributed by atoms with Gasteiger partial charge in [0.05, 0.1) is 30.1 Å². The molecule has 0 saturated heterocycles. The van der Waals surface area contributed by atoms with Gasteiger partial charge < -0.3 is 9.32 Å². The maximum atomic E-state index is 12.5. The molecule has 124 valence electrons. The second kappa shape index (κ2) is 6.84. The van der Waals surface area contributed by atoms with E-state index in [1.807, 2.05) is 26.2 Å². The first kappa shape index (κ1) is 16.2. The van der Waals surface area contributed by atoms with Crippen molar-refractivity contribution in [2.75, 3.05) is 20.6 Å². The number of hydrogen-bond acceptors (Lipinski definition) is 5. The van der Waals surface area contributed by atoms with E-state index in [4.69, 9.17) is 4.42 Å². The number of likely N-dealkylation sites (N-methyl/N-ethyl adjacent to an activating group) is 2. The quantitative estimate of drug-likeness (QED) is 0.844. The number of amides is 1. The van der Waals surface area contributed by atoms with Gasteiger partial charge in [0.1, 0.15) is 5.76 Å². The molecular weight excluding hydrogens is 310 g/mol. The summed E-state index contributed by atoms with van der Waals surface area (Å²) < 4.78 is 5.31. The maximum absolute atomic E-state index is 12.5. The predicted molar refractivity (Wildman–Crippen MR) is 90.3 cm³/mol. The molecule has 0 aromatic carbocycles. The van der Waals surface area contributed by atoms with E-state index in [2.05, 4.69) is 16.8 Å². The lowest BCUT2D eigenvalue weighted by Gasteiger charge is -2.31. The normalized spacial score (nSPS) is 17.3. The summed E-state index contributed by atoms with van der Waals surface area (Å²) in [6.45, 7) is 2.98. The molecule has 0 aliphatic heterocycles. The van der Waals surface area contributed by atoms with Crippen molar-refractivity contribution in [2.45, 2.75) is 38.8 Å². The SMILES string of the molecule is Cc1nc2c(s1)[C@H](N(C)CC(=O)N(C)Cc1ccco1)CCC2. The second-order valence-electron chi connectivity index (χ2n) is 6.20. The summed E-state index contributed by atoms with van der Waals surface area (Å²) in [5.74, 6) is 0.916. The minimum atomic E-state index is 0.109. The van der Waals surface area contributed by atoms with Crippen LogP contribution >= 0.6 is 11.3 Å². The van der Waals surface area contributed by atoms with Crippen LogP contribution in [0.5, 0.6) is 0 Å². The molecule has 0 saturated carbocycles. The van der Waals surface area contributed by atoms with Crippen molar-refractivity contribution in [2.24, 2.45) is 0 Å². The Morgan fingerprint density at radius 2 is 2.30 bits per heavy atom. The molecular formula is C17H23N3O2S. The number of fused-ring (bicyclic) bond motifs is 1.